The van der Waals surface area contributed by atoms with Gasteiger partial charge in [0.2, 0.25) is 0 Å². The molecule has 1 aliphatic heterocycles. The van der Waals surface area contributed by atoms with Crippen LogP contribution in [0.2, 0.25) is 0 Å². The number of hydrogen-bond acceptors (Lipinski definition) is 5. The third-order valence-corrected chi connectivity index (χ3v) is 4.18. The average molecular weight is 322 g/mol. The van der Waals surface area contributed by atoms with Crippen LogP contribution in [0.1, 0.15) is 24.8 Å². The number of para-hydroxylation sites is 1. The zero-order valence-electron chi connectivity index (χ0n) is 12.8. The van der Waals surface area contributed by atoms with E-state index in [2.05, 4.69) is 5.32 Å². The van der Waals surface area contributed by atoms with Crippen LogP contribution >= 0.6 is 0 Å². The minimum Gasteiger partial charge on any atom is -0.508 e. The maximum absolute atomic E-state index is 11.4. The molecule has 126 valence electrons. The quantitative estimate of drug-likeness (QED) is 0.562. The van der Waals surface area contributed by atoms with Crippen molar-refractivity contribution in [3.8, 4) is 5.75 Å². The molecule has 0 unspecified atom stereocenters. The van der Waals surface area contributed by atoms with Gasteiger partial charge in [-0.05, 0) is 31.9 Å². The normalized spacial score (nSPS) is 19.6. The molecule has 0 bridgehead atoms. The number of carboxylic acid groups (broad SMARTS) is 2. The number of carbonyl (C=O) groups is 2. The number of aromatic hydroxyl groups is 1. The molecule has 7 heteroatoms. The molecule has 1 fully saturated rings. The second kappa shape index (κ2) is 7.94. The Labute approximate surface area is 134 Å². The van der Waals surface area contributed by atoms with Gasteiger partial charge in [0.25, 0.3) is 0 Å². The van der Waals surface area contributed by atoms with Gasteiger partial charge >= 0.3 is 11.9 Å². The summed E-state index contributed by atoms with van der Waals surface area (Å²) in [5.74, 6) is -1.71. The van der Waals surface area contributed by atoms with Crippen molar-refractivity contribution in [1.29, 1.82) is 0 Å². The highest BCUT2D eigenvalue weighted by atomic mass is 16.4. The fourth-order valence-electron chi connectivity index (χ4n) is 2.87. The van der Waals surface area contributed by atoms with Crippen LogP contribution in [0.5, 0.6) is 5.75 Å². The average Bonchev–Trinajstić information content (AvgIpc) is 2.97. The summed E-state index contributed by atoms with van der Waals surface area (Å²) < 4.78 is 0. The molecule has 0 spiro atoms. The predicted octanol–water partition coefficient (Wildman–Crippen LogP) is 0.874. The van der Waals surface area contributed by atoms with Crippen molar-refractivity contribution in [3.05, 3.63) is 29.8 Å². The first-order chi connectivity index (χ1) is 11.0. The van der Waals surface area contributed by atoms with Gasteiger partial charge in [0.1, 0.15) is 17.8 Å². The van der Waals surface area contributed by atoms with Crippen LogP contribution in [-0.4, -0.2) is 57.3 Å². The summed E-state index contributed by atoms with van der Waals surface area (Å²) in [7, 11) is 0. The van der Waals surface area contributed by atoms with Gasteiger partial charge in [-0.3, -0.25) is 14.5 Å². The number of nitrogens with one attached hydrogen (secondary N) is 1. The van der Waals surface area contributed by atoms with Crippen LogP contribution in [-0.2, 0) is 16.1 Å². The van der Waals surface area contributed by atoms with Crippen molar-refractivity contribution in [2.24, 2.45) is 0 Å². The van der Waals surface area contributed by atoms with Crippen LogP contribution in [0, 0.1) is 0 Å². The minimum atomic E-state index is -0.980. The second-order valence-electron chi connectivity index (χ2n) is 5.72. The highest BCUT2D eigenvalue weighted by Crippen LogP contribution is 2.18. The number of likely N-dealkylation sites (tertiary alicyclic amines) is 1. The standard InChI is InChI=1S/C16H22N2O5/c19-14-6-2-1-4-11(14)10-17-12(15(20)21)7-9-18-8-3-5-13(18)16(22)23/h1-2,4,6,12-13,17,19H,3,5,7-10H2,(H,20,21)(H,22,23)/t12-,13-/m0/s1. The monoisotopic (exact) mass is 322 g/mol. The zero-order valence-corrected chi connectivity index (χ0v) is 12.8. The first kappa shape index (κ1) is 17.2. The summed E-state index contributed by atoms with van der Waals surface area (Å²) in [6.45, 7) is 1.34. The van der Waals surface area contributed by atoms with Crippen molar-refractivity contribution in [1.82, 2.24) is 10.2 Å². The van der Waals surface area contributed by atoms with Crippen LogP contribution in [0.3, 0.4) is 0 Å². The van der Waals surface area contributed by atoms with Crippen molar-refractivity contribution in [3.63, 3.8) is 0 Å². The Morgan fingerprint density at radius 1 is 1.30 bits per heavy atom. The van der Waals surface area contributed by atoms with Crippen LogP contribution in [0.15, 0.2) is 24.3 Å². The van der Waals surface area contributed by atoms with E-state index in [9.17, 15) is 19.8 Å². The van der Waals surface area contributed by atoms with Gasteiger partial charge in [-0.2, -0.15) is 0 Å². The number of hydrogen-bond donors (Lipinski definition) is 4. The molecule has 0 aliphatic carbocycles. The lowest BCUT2D eigenvalue weighted by molar-refractivity contribution is -0.142. The summed E-state index contributed by atoms with van der Waals surface area (Å²) in [5, 5.41) is 31.1. The van der Waals surface area contributed by atoms with Gasteiger partial charge in [-0.1, -0.05) is 18.2 Å². The molecule has 4 N–H and O–H groups in total. The van der Waals surface area contributed by atoms with E-state index < -0.39 is 24.0 Å². The number of rotatable bonds is 8. The molecular weight excluding hydrogens is 300 g/mol. The molecule has 7 nitrogen and oxygen atoms in total. The Morgan fingerprint density at radius 2 is 2.04 bits per heavy atom. The maximum atomic E-state index is 11.4. The fraction of sp³-hybridized carbons (Fsp3) is 0.500. The van der Waals surface area contributed by atoms with Crippen molar-refractivity contribution in [2.75, 3.05) is 13.1 Å². The van der Waals surface area contributed by atoms with E-state index in [-0.39, 0.29) is 12.3 Å². The molecule has 0 radical (unpaired) electrons. The van der Waals surface area contributed by atoms with E-state index in [0.717, 1.165) is 6.42 Å². The van der Waals surface area contributed by atoms with E-state index in [1.807, 2.05) is 4.90 Å². The zero-order chi connectivity index (χ0) is 16.8. The van der Waals surface area contributed by atoms with Crippen LogP contribution in [0.25, 0.3) is 0 Å². The highest BCUT2D eigenvalue weighted by molar-refractivity contribution is 5.74. The molecule has 1 aliphatic rings. The summed E-state index contributed by atoms with van der Waals surface area (Å²) in [6, 6.07) is 5.45. The number of carboxylic acids is 2. The number of aliphatic carboxylic acids is 2. The molecule has 0 saturated carbocycles. The van der Waals surface area contributed by atoms with Crippen LogP contribution < -0.4 is 5.32 Å². The second-order valence-corrected chi connectivity index (χ2v) is 5.72. The molecule has 1 aromatic carbocycles. The Kier molecular flexibility index (Phi) is 5.95. The Balaban J connectivity index is 1.88. The highest BCUT2D eigenvalue weighted by Gasteiger charge is 2.31. The van der Waals surface area contributed by atoms with Gasteiger partial charge in [0, 0.05) is 18.7 Å². The number of phenolic OH excluding ortho intramolecular Hbond substituents is 1. The number of nitrogens with zero attached hydrogens (tertiary/aromatic N) is 1. The summed E-state index contributed by atoms with van der Waals surface area (Å²) in [6.07, 6.45) is 1.74. The Morgan fingerprint density at radius 3 is 2.70 bits per heavy atom. The van der Waals surface area contributed by atoms with E-state index in [0.29, 0.717) is 31.5 Å². The lowest BCUT2D eigenvalue weighted by atomic mass is 10.1. The van der Waals surface area contributed by atoms with E-state index >= 15 is 0 Å². The van der Waals surface area contributed by atoms with Gasteiger partial charge in [-0.15, -0.1) is 0 Å². The topological polar surface area (TPSA) is 110 Å². The first-order valence-corrected chi connectivity index (χ1v) is 7.69. The molecule has 1 heterocycles. The molecular formula is C16H22N2O5. The van der Waals surface area contributed by atoms with Gasteiger partial charge < -0.3 is 20.6 Å². The number of phenols is 1. The third kappa shape index (κ3) is 4.67. The summed E-state index contributed by atoms with van der Waals surface area (Å²) in [5.41, 5.74) is 0.628. The van der Waals surface area contributed by atoms with E-state index in [4.69, 9.17) is 5.11 Å². The smallest absolute Gasteiger partial charge is 0.320 e. The third-order valence-electron chi connectivity index (χ3n) is 4.18. The van der Waals surface area contributed by atoms with Gasteiger partial charge in [0.15, 0.2) is 0 Å². The van der Waals surface area contributed by atoms with E-state index in [1.165, 1.54) is 0 Å². The summed E-state index contributed by atoms with van der Waals surface area (Å²) in [4.78, 5) is 24.3. The van der Waals surface area contributed by atoms with Gasteiger partial charge in [0.05, 0.1) is 0 Å². The SMILES string of the molecule is O=C(O)[C@H](CCN1CCC[C@H]1C(=O)O)NCc1ccccc1O. The number of benzene rings is 1. The molecule has 1 aromatic rings. The Hall–Kier alpha value is -2.12. The lowest BCUT2D eigenvalue weighted by Gasteiger charge is -2.23. The predicted molar refractivity (Wildman–Crippen MR) is 83.2 cm³/mol. The van der Waals surface area contributed by atoms with Crippen molar-refractivity contribution >= 4 is 11.9 Å². The van der Waals surface area contributed by atoms with Crippen molar-refractivity contribution < 1.29 is 24.9 Å². The van der Waals surface area contributed by atoms with Crippen LogP contribution in [0.4, 0.5) is 0 Å². The van der Waals surface area contributed by atoms with Gasteiger partial charge in [-0.25, -0.2) is 0 Å². The van der Waals surface area contributed by atoms with Crippen molar-refractivity contribution in [2.45, 2.75) is 37.9 Å². The molecule has 0 amide bonds. The fourth-order valence-corrected chi connectivity index (χ4v) is 2.87. The molecule has 23 heavy (non-hydrogen) atoms. The molecule has 1 saturated heterocycles. The molecule has 2 atom stereocenters. The molecule has 0 aromatic heterocycles. The summed E-state index contributed by atoms with van der Waals surface area (Å²) >= 11 is 0. The largest absolute Gasteiger partial charge is 0.508 e. The van der Waals surface area contributed by atoms with E-state index in [1.54, 1.807) is 24.3 Å². The Bertz CT molecular complexity index is 563. The first-order valence-electron chi connectivity index (χ1n) is 7.69. The molecule has 2 rings (SSSR count). The lowest BCUT2D eigenvalue weighted by Crippen LogP contribution is -2.42. The maximum Gasteiger partial charge on any atom is 0.320 e. The minimum absolute atomic E-state index is 0.120.